The van der Waals surface area contributed by atoms with E-state index in [1.54, 1.807) is 0 Å². The van der Waals surface area contributed by atoms with Crippen molar-refractivity contribution in [3.63, 3.8) is 0 Å². The lowest BCUT2D eigenvalue weighted by molar-refractivity contribution is -0.369. The summed E-state index contributed by atoms with van der Waals surface area (Å²) in [5, 5.41) is 91.6. The fraction of sp³-hybridized carbons (Fsp3) is 0.820. The number of ketones is 1. The molecule has 80 heavy (non-hydrogen) atoms. The molecule has 19 heteroatoms. The van der Waals surface area contributed by atoms with Crippen LogP contribution in [0, 0.1) is 53.8 Å². The van der Waals surface area contributed by atoms with Crippen LogP contribution in [0.5, 0.6) is 0 Å². The van der Waals surface area contributed by atoms with Crippen molar-refractivity contribution in [2.45, 2.75) is 250 Å². The molecule has 11 unspecified atom stereocenters. The number of ether oxygens (including phenoxy) is 6. The third kappa shape index (κ3) is 11.4. The lowest BCUT2D eigenvalue weighted by Gasteiger charge is -2.71. The summed E-state index contributed by atoms with van der Waals surface area (Å²) in [4.78, 5) is 42.1. The van der Waals surface area contributed by atoms with E-state index in [4.69, 9.17) is 28.4 Å². The second-order valence-electron chi connectivity index (χ2n) is 27.4. The number of Topliss-reactive ketones (excluding diaryl/α,β-unsaturated/α-hetero) is 1. The summed E-state index contributed by atoms with van der Waals surface area (Å²) in [5.74, 6) is -0.381. The summed E-state index contributed by atoms with van der Waals surface area (Å²) < 4.78 is 37.8. The second-order valence-corrected chi connectivity index (χ2v) is 28.7. The molecule has 8 aliphatic rings. The van der Waals surface area contributed by atoms with Crippen LogP contribution < -0.4 is 5.32 Å². The number of aliphatic hydroxyl groups is 8. The van der Waals surface area contributed by atoms with Crippen molar-refractivity contribution in [3.8, 4) is 0 Å². The normalized spacial score (nSPS) is 44.9. The standard InChI is InChI=1S/C61H92INO17/c1-32-50(78-52-48(72)45(69)38(66)31-75-52)47(71)49(73)53(76-32)79-51-46(70)44(63-43(68)14-12-10-9-11-13-37(65)33-15-17-34(62)18-16-33)39(30-64)77-54(51)80-55(74)61-27-25-56(2,3)29-36(61)35-19-20-41-58(6)23-22-42(67)57(4,5)40(58)21-24-60(41,8)59(35,7)26-28-61/h15-19,32,36,38-42,44-54,64,66-67,69-73H,9-14,20-31H2,1-8H3,(H,63,68)/t32?,36?,38-,39?,40+,41?,42+,44+,45?,46?,47?,48?,49?,50+,51?,52+,53+,54+,58?,59-,60+,61+/m1/s1. The SMILES string of the molecule is CC1O[C@@H](OC2C(O)[C@@H](NC(=O)CCCCCCC(=O)c3ccc(I)cc3)C(CO)O[C@H]2OC(=O)[C@]23CCC(C)(C)CC2C2=CCC4C5(C)CC[C@H](O)C(C)(C)[C@@H]5CC[C@]4(C)[C@]2(C)CC3)C(O)C(O)[C@H]1O[C@@H]1OC[C@@H](O)C(O)C1O. The van der Waals surface area contributed by atoms with Crippen molar-refractivity contribution in [2.75, 3.05) is 13.2 Å². The van der Waals surface area contributed by atoms with E-state index in [1.807, 2.05) is 24.3 Å². The van der Waals surface area contributed by atoms with Gasteiger partial charge in [-0.05, 0) is 164 Å². The van der Waals surface area contributed by atoms with Gasteiger partial charge in [0.15, 0.2) is 24.5 Å². The number of halogens is 1. The number of allylic oxidation sites excluding steroid dienone is 2. The van der Waals surface area contributed by atoms with Gasteiger partial charge in [0.2, 0.25) is 12.2 Å². The van der Waals surface area contributed by atoms with Crippen LogP contribution in [0.4, 0.5) is 0 Å². The molecule has 18 nitrogen and oxygen atoms in total. The van der Waals surface area contributed by atoms with Gasteiger partial charge in [-0.15, -0.1) is 0 Å². The van der Waals surface area contributed by atoms with Gasteiger partial charge in [0.25, 0.3) is 0 Å². The lowest BCUT2D eigenvalue weighted by atomic mass is 9.33. The van der Waals surface area contributed by atoms with Gasteiger partial charge in [-0.25, -0.2) is 0 Å². The van der Waals surface area contributed by atoms with Crippen molar-refractivity contribution in [1.82, 2.24) is 5.32 Å². The van der Waals surface area contributed by atoms with Crippen molar-refractivity contribution in [3.05, 3.63) is 45.0 Å². The summed E-state index contributed by atoms with van der Waals surface area (Å²) in [6.45, 7) is 16.8. The third-order valence-electron chi connectivity index (χ3n) is 22.0. The molecule has 5 aliphatic carbocycles. The number of fused-ring (bicyclic) bond motifs is 7. The molecule has 4 saturated carbocycles. The first kappa shape index (κ1) is 62.3. The molecule has 1 aromatic carbocycles. The maximum atomic E-state index is 15.7. The Bertz CT molecular complexity index is 2410. The van der Waals surface area contributed by atoms with E-state index >= 15 is 4.79 Å². The van der Waals surface area contributed by atoms with Gasteiger partial charge in [0, 0.05) is 22.0 Å². The van der Waals surface area contributed by atoms with Gasteiger partial charge in [0.05, 0.1) is 36.9 Å². The van der Waals surface area contributed by atoms with Crippen LogP contribution in [-0.4, -0.2) is 164 Å². The molecule has 9 rings (SSSR count). The van der Waals surface area contributed by atoms with Crippen molar-refractivity contribution < 1.29 is 83.7 Å². The van der Waals surface area contributed by atoms with Crippen LogP contribution in [0.15, 0.2) is 35.9 Å². The van der Waals surface area contributed by atoms with E-state index in [0.29, 0.717) is 62.3 Å². The van der Waals surface area contributed by atoms with Crippen LogP contribution in [0.3, 0.4) is 0 Å². The topological polar surface area (TPSA) is 280 Å². The van der Waals surface area contributed by atoms with Crippen molar-refractivity contribution in [1.29, 1.82) is 0 Å². The average Bonchev–Trinajstić information content (AvgIpc) is 2.48. The Morgan fingerprint density at radius 3 is 2.08 bits per heavy atom. The molecule has 3 saturated heterocycles. The first-order valence-corrected chi connectivity index (χ1v) is 30.8. The van der Waals surface area contributed by atoms with Crippen LogP contribution >= 0.6 is 22.6 Å². The quantitative estimate of drug-likeness (QED) is 0.0313. The first-order chi connectivity index (χ1) is 37.6. The highest BCUT2D eigenvalue weighted by atomic mass is 127. The zero-order valence-electron chi connectivity index (χ0n) is 48.1. The maximum Gasteiger partial charge on any atom is 0.315 e. The molecule has 0 spiro atoms. The zero-order valence-corrected chi connectivity index (χ0v) is 50.3. The van der Waals surface area contributed by atoms with Gasteiger partial charge in [-0.1, -0.05) is 85.1 Å². The lowest BCUT2D eigenvalue weighted by Crippen LogP contribution is -2.68. The smallest absolute Gasteiger partial charge is 0.315 e. The van der Waals surface area contributed by atoms with Crippen molar-refractivity contribution >= 4 is 40.3 Å². The number of hydrogen-bond donors (Lipinski definition) is 9. The minimum absolute atomic E-state index is 0.0251. The number of hydrogen-bond acceptors (Lipinski definition) is 17. The van der Waals surface area contributed by atoms with Crippen LogP contribution in [0.2, 0.25) is 0 Å². The highest BCUT2D eigenvalue weighted by Crippen LogP contribution is 2.76. The largest absolute Gasteiger partial charge is 0.432 e. The number of nitrogens with one attached hydrogen (secondary N) is 1. The number of amides is 1. The van der Waals surface area contributed by atoms with Crippen LogP contribution in [0.25, 0.3) is 0 Å². The Hall–Kier alpha value is -2.22. The molecular formula is C61H92INO17. The molecule has 3 aliphatic heterocycles. The van der Waals surface area contributed by atoms with Crippen LogP contribution in [-0.2, 0) is 38.0 Å². The minimum atomic E-state index is -1.89. The molecule has 3 heterocycles. The number of aliphatic hydroxyl groups excluding tert-OH is 8. The minimum Gasteiger partial charge on any atom is -0.432 e. The van der Waals surface area contributed by atoms with Gasteiger partial charge >= 0.3 is 5.97 Å². The Morgan fingerprint density at radius 1 is 0.713 bits per heavy atom. The summed E-state index contributed by atoms with van der Waals surface area (Å²) in [6, 6.07) is 6.11. The molecule has 1 aromatic rings. The monoisotopic (exact) mass is 1240 g/mol. The Kier molecular flexibility index (Phi) is 18.6. The van der Waals surface area contributed by atoms with E-state index < -0.39 is 110 Å². The van der Waals surface area contributed by atoms with E-state index in [9.17, 15) is 50.4 Å². The summed E-state index contributed by atoms with van der Waals surface area (Å²) in [6.07, 6.45) is -7.49. The molecule has 7 fully saturated rings. The van der Waals surface area contributed by atoms with Gasteiger partial charge < -0.3 is 74.6 Å². The molecular weight excluding hydrogens is 1150 g/mol. The highest BCUT2D eigenvalue weighted by molar-refractivity contribution is 14.1. The maximum absolute atomic E-state index is 15.7. The summed E-state index contributed by atoms with van der Waals surface area (Å²) in [7, 11) is 0. The first-order valence-electron chi connectivity index (χ1n) is 29.7. The number of esters is 1. The number of benzene rings is 1. The molecule has 0 aromatic heterocycles. The Balaban J connectivity index is 0.946. The Labute approximate surface area is 485 Å². The highest BCUT2D eigenvalue weighted by Gasteiger charge is 2.70. The predicted molar refractivity (Wildman–Crippen MR) is 300 cm³/mol. The Morgan fingerprint density at radius 2 is 1.38 bits per heavy atom. The zero-order chi connectivity index (χ0) is 58.1. The van der Waals surface area contributed by atoms with E-state index in [-0.39, 0.29) is 57.9 Å². The van der Waals surface area contributed by atoms with E-state index in [2.05, 4.69) is 82.4 Å². The summed E-state index contributed by atoms with van der Waals surface area (Å²) >= 11 is 2.19. The number of carbonyl (C=O) groups excluding carboxylic acids is 3. The molecule has 22 atom stereocenters. The van der Waals surface area contributed by atoms with Crippen molar-refractivity contribution in [2.24, 2.45) is 50.2 Å². The van der Waals surface area contributed by atoms with E-state index in [0.717, 1.165) is 54.9 Å². The average molecular weight is 1240 g/mol. The fourth-order valence-electron chi connectivity index (χ4n) is 16.8. The molecule has 450 valence electrons. The molecule has 9 N–H and O–H groups in total. The van der Waals surface area contributed by atoms with Gasteiger partial charge in [-0.3, -0.25) is 14.4 Å². The number of unbranched alkanes of at least 4 members (excludes halogenated alkanes) is 3. The fourth-order valence-corrected chi connectivity index (χ4v) is 17.2. The van der Waals surface area contributed by atoms with Gasteiger partial charge in [-0.2, -0.15) is 0 Å². The predicted octanol–water partition coefficient (Wildman–Crippen LogP) is 5.76. The van der Waals surface area contributed by atoms with Gasteiger partial charge in [0.1, 0.15) is 48.8 Å². The molecule has 0 radical (unpaired) electrons. The number of rotatable bonds is 16. The number of carbonyl (C=O) groups is 3. The van der Waals surface area contributed by atoms with Crippen LogP contribution in [0.1, 0.15) is 168 Å². The molecule has 0 bridgehead atoms. The molecule has 1 amide bonds. The van der Waals surface area contributed by atoms with E-state index in [1.165, 1.54) is 12.5 Å². The third-order valence-corrected chi connectivity index (χ3v) is 22.7. The second kappa shape index (κ2) is 23.9. The summed E-state index contributed by atoms with van der Waals surface area (Å²) in [5.41, 5.74) is 0.350.